The highest BCUT2D eigenvalue weighted by Gasteiger charge is 2.18. The summed E-state index contributed by atoms with van der Waals surface area (Å²) in [5, 5.41) is 3.86. The fourth-order valence-electron chi connectivity index (χ4n) is 2.47. The maximum absolute atomic E-state index is 14.4. The third kappa shape index (κ3) is 3.43. The fraction of sp³-hybridized carbons (Fsp3) is 0.250. The van der Waals surface area contributed by atoms with Gasteiger partial charge in [0.05, 0.1) is 23.5 Å². The summed E-state index contributed by atoms with van der Waals surface area (Å²) in [4.78, 5) is 38.9. The highest BCUT2D eigenvalue weighted by Crippen LogP contribution is 2.29. The topological polar surface area (TPSA) is 108 Å². The van der Waals surface area contributed by atoms with E-state index in [1.54, 1.807) is 14.0 Å². The van der Waals surface area contributed by atoms with E-state index in [-0.39, 0.29) is 34.1 Å². The number of nitrogens with one attached hydrogen (secondary N) is 1. The second-order valence-electron chi connectivity index (χ2n) is 5.43. The Hall–Kier alpha value is -3.14. The molecular formula is C16H14ClFN4O5. The fourth-order valence-corrected chi connectivity index (χ4v) is 2.68. The first-order valence-corrected chi connectivity index (χ1v) is 8.16. The van der Waals surface area contributed by atoms with E-state index in [4.69, 9.17) is 21.1 Å². The van der Waals surface area contributed by atoms with Crippen molar-refractivity contribution in [2.24, 2.45) is 7.05 Å². The number of carbonyl (C=O) groups is 1. The molecule has 1 aromatic carbocycles. The van der Waals surface area contributed by atoms with Gasteiger partial charge in [-0.25, -0.2) is 18.5 Å². The van der Waals surface area contributed by atoms with Crippen LogP contribution in [0.2, 0.25) is 5.02 Å². The maximum Gasteiger partial charge on any atom is 0.344 e. The molecule has 3 rings (SSSR count). The quantitative estimate of drug-likeness (QED) is 0.648. The van der Waals surface area contributed by atoms with Crippen molar-refractivity contribution in [2.45, 2.75) is 6.92 Å². The number of aromatic nitrogens is 4. The molecule has 0 spiro atoms. The van der Waals surface area contributed by atoms with Gasteiger partial charge in [0.2, 0.25) is 0 Å². The number of aromatic amines is 1. The van der Waals surface area contributed by atoms with E-state index in [0.717, 1.165) is 12.1 Å². The van der Waals surface area contributed by atoms with E-state index in [9.17, 15) is 18.8 Å². The molecular weight excluding hydrogens is 383 g/mol. The normalized spacial score (nSPS) is 11.0. The second-order valence-corrected chi connectivity index (χ2v) is 5.84. The van der Waals surface area contributed by atoms with Crippen LogP contribution < -0.4 is 16.0 Å². The van der Waals surface area contributed by atoms with Crippen molar-refractivity contribution in [1.29, 1.82) is 0 Å². The van der Waals surface area contributed by atoms with Gasteiger partial charge in [-0.05, 0) is 13.0 Å². The van der Waals surface area contributed by atoms with Crippen molar-refractivity contribution in [3.63, 3.8) is 0 Å². The summed E-state index contributed by atoms with van der Waals surface area (Å²) in [5.41, 5.74) is -1.81. The molecule has 0 bridgehead atoms. The monoisotopic (exact) mass is 396 g/mol. The standard InChI is InChI=1S/C16H14ClFN4O5/c1-3-26-13(23)7-27-12-5-11(10(18)4-9(12)17)22-15(24)8-6-19-21(2)14(8)20-16(22)25/h4-6H,3,7H2,1-2H3,(H,20,25). The lowest BCUT2D eigenvalue weighted by Gasteiger charge is -2.12. The Morgan fingerprint density at radius 1 is 1.37 bits per heavy atom. The summed E-state index contributed by atoms with van der Waals surface area (Å²) in [6.07, 6.45) is 1.26. The largest absolute Gasteiger partial charge is 0.480 e. The van der Waals surface area contributed by atoms with Crippen molar-refractivity contribution >= 4 is 28.6 Å². The number of fused-ring (bicyclic) bond motifs is 1. The van der Waals surface area contributed by atoms with Crippen LogP contribution in [0.5, 0.6) is 5.75 Å². The lowest BCUT2D eigenvalue weighted by Crippen LogP contribution is -2.34. The molecule has 3 aromatic rings. The zero-order valence-electron chi connectivity index (χ0n) is 14.3. The average molecular weight is 397 g/mol. The summed E-state index contributed by atoms with van der Waals surface area (Å²) in [5.74, 6) is -1.65. The van der Waals surface area contributed by atoms with Crippen LogP contribution in [0.1, 0.15) is 6.92 Å². The maximum atomic E-state index is 14.4. The van der Waals surface area contributed by atoms with E-state index in [2.05, 4.69) is 10.1 Å². The van der Waals surface area contributed by atoms with Gasteiger partial charge in [0.1, 0.15) is 22.6 Å². The Kier molecular flexibility index (Phi) is 5.00. The summed E-state index contributed by atoms with van der Waals surface area (Å²) < 4.78 is 26.3. The number of aryl methyl sites for hydroxylation is 1. The minimum atomic E-state index is -0.917. The molecule has 0 aliphatic heterocycles. The summed E-state index contributed by atoms with van der Waals surface area (Å²) >= 11 is 5.92. The molecule has 0 fully saturated rings. The van der Waals surface area contributed by atoms with Crippen molar-refractivity contribution in [1.82, 2.24) is 19.3 Å². The van der Waals surface area contributed by atoms with Crippen LogP contribution in [0.4, 0.5) is 4.39 Å². The van der Waals surface area contributed by atoms with Crippen LogP contribution in [0.15, 0.2) is 27.9 Å². The van der Waals surface area contributed by atoms with Crippen LogP contribution in [0, 0.1) is 5.82 Å². The zero-order chi connectivity index (χ0) is 19.7. The summed E-state index contributed by atoms with van der Waals surface area (Å²) in [6.45, 7) is 1.33. The molecule has 2 heterocycles. The molecule has 9 nitrogen and oxygen atoms in total. The van der Waals surface area contributed by atoms with E-state index in [1.807, 2.05) is 0 Å². The molecule has 11 heteroatoms. The number of benzene rings is 1. The van der Waals surface area contributed by atoms with Crippen molar-refractivity contribution in [2.75, 3.05) is 13.2 Å². The molecule has 1 N–H and O–H groups in total. The van der Waals surface area contributed by atoms with E-state index in [0.29, 0.717) is 4.57 Å². The number of hydrogen-bond acceptors (Lipinski definition) is 6. The first-order chi connectivity index (χ1) is 12.8. The predicted molar refractivity (Wildman–Crippen MR) is 94.0 cm³/mol. The van der Waals surface area contributed by atoms with Crippen LogP contribution in [-0.4, -0.2) is 38.5 Å². The highest BCUT2D eigenvalue weighted by atomic mass is 35.5. The molecule has 0 atom stereocenters. The van der Waals surface area contributed by atoms with Crippen molar-refractivity contribution in [3.05, 3.63) is 50.0 Å². The van der Waals surface area contributed by atoms with Crippen LogP contribution in [0.25, 0.3) is 16.7 Å². The molecule has 0 aliphatic carbocycles. The molecule has 142 valence electrons. The predicted octanol–water partition coefficient (Wildman–Crippen LogP) is 1.15. The average Bonchev–Trinajstić information content (AvgIpc) is 2.97. The minimum absolute atomic E-state index is 0.0845. The van der Waals surface area contributed by atoms with Crippen LogP contribution >= 0.6 is 11.6 Å². The van der Waals surface area contributed by atoms with Gasteiger partial charge in [-0.3, -0.25) is 14.5 Å². The molecule has 27 heavy (non-hydrogen) atoms. The molecule has 2 aromatic heterocycles. The molecule has 0 saturated carbocycles. The number of rotatable bonds is 5. The number of H-pyrrole nitrogens is 1. The summed E-state index contributed by atoms with van der Waals surface area (Å²) in [6, 6.07) is 1.95. The zero-order valence-corrected chi connectivity index (χ0v) is 15.0. The van der Waals surface area contributed by atoms with Gasteiger partial charge in [0.15, 0.2) is 6.61 Å². The molecule has 0 radical (unpaired) electrons. The lowest BCUT2D eigenvalue weighted by molar-refractivity contribution is -0.145. The van der Waals surface area contributed by atoms with Gasteiger partial charge in [-0.15, -0.1) is 0 Å². The number of hydrogen-bond donors (Lipinski definition) is 1. The lowest BCUT2D eigenvalue weighted by atomic mass is 10.2. The molecule has 0 unspecified atom stereocenters. The Labute approximate surface area is 155 Å². The van der Waals surface area contributed by atoms with Crippen molar-refractivity contribution < 1.29 is 18.7 Å². The number of halogens is 2. The Morgan fingerprint density at radius 2 is 2.11 bits per heavy atom. The van der Waals surface area contributed by atoms with Gasteiger partial charge in [-0.2, -0.15) is 5.10 Å². The number of ether oxygens (including phenoxy) is 2. The highest BCUT2D eigenvalue weighted by molar-refractivity contribution is 6.32. The Morgan fingerprint density at radius 3 is 2.81 bits per heavy atom. The first-order valence-electron chi connectivity index (χ1n) is 7.78. The van der Waals surface area contributed by atoms with Crippen molar-refractivity contribution in [3.8, 4) is 11.4 Å². The van der Waals surface area contributed by atoms with Gasteiger partial charge < -0.3 is 9.47 Å². The van der Waals surface area contributed by atoms with Crippen LogP contribution in [-0.2, 0) is 16.6 Å². The third-order valence-corrected chi connectivity index (χ3v) is 3.99. The van der Waals surface area contributed by atoms with Crippen LogP contribution in [0.3, 0.4) is 0 Å². The summed E-state index contributed by atoms with van der Waals surface area (Å²) in [7, 11) is 1.55. The van der Waals surface area contributed by atoms with Gasteiger partial charge in [-0.1, -0.05) is 11.6 Å². The Bertz CT molecular complexity index is 1150. The van der Waals surface area contributed by atoms with Gasteiger partial charge in [0.25, 0.3) is 5.56 Å². The first kappa shape index (κ1) is 18.6. The smallest absolute Gasteiger partial charge is 0.344 e. The number of esters is 1. The molecule has 0 saturated heterocycles. The van der Waals surface area contributed by atoms with E-state index in [1.165, 1.54) is 10.9 Å². The number of carbonyl (C=O) groups excluding carboxylic acids is 1. The second kappa shape index (κ2) is 7.23. The van der Waals surface area contributed by atoms with Gasteiger partial charge in [0, 0.05) is 13.1 Å². The molecule has 0 aliphatic rings. The Balaban J connectivity index is 2.11. The third-order valence-electron chi connectivity index (χ3n) is 3.69. The van der Waals surface area contributed by atoms with Gasteiger partial charge >= 0.3 is 11.7 Å². The minimum Gasteiger partial charge on any atom is -0.480 e. The number of nitrogens with zero attached hydrogens (tertiary/aromatic N) is 3. The van der Waals surface area contributed by atoms with E-state index >= 15 is 0 Å². The van der Waals surface area contributed by atoms with E-state index < -0.39 is 29.6 Å². The SMILES string of the molecule is CCOC(=O)COc1cc(-n2c(=O)[nH]c3c(cnn3C)c2=O)c(F)cc1Cl. The molecule has 0 amide bonds.